The molecule has 2 N–H and O–H groups in total. The van der Waals surface area contributed by atoms with Crippen LogP contribution in [0.25, 0.3) is 0 Å². The molecule has 0 saturated carbocycles. The summed E-state index contributed by atoms with van der Waals surface area (Å²) in [6, 6.07) is 9.02. The molecule has 1 unspecified atom stereocenters. The number of nitrogens with one attached hydrogen (secondary N) is 1. The Morgan fingerprint density at radius 2 is 2.16 bits per heavy atom. The van der Waals surface area contributed by atoms with Crippen LogP contribution < -0.4 is 14.8 Å². The maximum absolute atomic E-state index is 12.0. The summed E-state index contributed by atoms with van der Waals surface area (Å²) in [6.45, 7) is 5.47. The Labute approximate surface area is 146 Å². The molecule has 0 fully saturated rings. The molecule has 1 aliphatic rings. The number of para-hydroxylation sites is 1. The van der Waals surface area contributed by atoms with Gasteiger partial charge in [-0.15, -0.1) is 0 Å². The van der Waals surface area contributed by atoms with Crippen LogP contribution in [0.1, 0.15) is 32.1 Å². The van der Waals surface area contributed by atoms with Crippen LogP contribution >= 0.6 is 0 Å². The van der Waals surface area contributed by atoms with Crippen LogP contribution in [0.2, 0.25) is 0 Å². The third-order valence-corrected chi connectivity index (χ3v) is 4.10. The Morgan fingerprint density at radius 1 is 1.36 bits per heavy atom. The maximum Gasteiger partial charge on any atom is 0.258 e. The zero-order valence-corrected chi connectivity index (χ0v) is 14.7. The van der Waals surface area contributed by atoms with Gasteiger partial charge in [0, 0.05) is 12.0 Å². The minimum Gasteiger partial charge on any atom is -0.483 e. The predicted octanol–water partition coefficient (Wildman–Crippen LogP) is 2.40. The molecule has 0 bridgehead atoms. The fraction of sp³-hybridized carbons (Fsp3) is 0.421. The molecule has 25 heavy (non-hydrogen) atoms. The van der Waals surface area contributed by atoms with Crippen molar-refractivity contribution >= 4 is 5.91 Å². The third kappa shape index (κ3) is 3.96. The van der Waals surface area contributed by atoms with E-state index >= 15 is 0 Å². The van der Waals surface area contributed by atoms with Gasteiger partial charge in [0.2, 0.25) is 0 Å². The highest BCUT2D eigenvalue weighted by atomic mass is 16.5. The second kappa shape index (κ2) is 6.44. The van der Waals surface area contributed by atoms with E-state index in [0.717, 1.165) is 12.0 Å². The first kappa shape index (κ1) is 17.4. The van der Waals surface area contributed by atoms with Crippen molar-refractivity contribution < 1.29 is 23.8 Å². The Bertz CT molecular complexity index is 749. The van der Waals surface area contributed by atoms with Gasteiger partial charge in [-0.05, 0) is 39.0 Å². The van der Waals surface area contributed by atoms with Gasteiger partial charge in [0.1, 0.15) is 17.0 Å². The molecule has 1 aromatic carbocycles. The first-order valence-corrected chi connectivity index (χ1v) is 8.24. The summed E-state index contributed by atoms with van der Waals surface area (Å²) in [5.41, 5.74) is -0.477. The molecule has 1 atom stereocenters. The van der Waals surface area contributed by atoms with E-state index < -0.39 is 5.60 Å². The summed E-state index contributed by atoms with van der Waals surface area (Å²) in [5.74, 6) is 1.31. The Balaban J connectivity index is 1.55. The average molecular weight is 345 g/mol. The first-order valence-electron chi connectivity index (χ1n) is 8.24. The average Bonchev–Trinajstić information content (AvgIpc) is 3.17. The van der Waals surface area contributed by atoms with E-state index in [1.165, 1.54) is 6.26 Å². The molecule has 1 aliphatic heterocycles. The number of rotatable bonds is 6. The van der Waals surface area contributed by atoms with E-state index in [4.69, 9.17) is 13.9 Å². The third-order valence-electron chi connectivity index (χ3n) is 4.10. The van der Waals surface area contributed by atoms with E-state index in [-0.39, 0.29) is 24.7 Å². The molecule has 1 amide bonds. The van der Waals surface area contributed by atoms with Crippen LogP contribution in [0.5, 0.6) is 11.5 Å². The molecule has 134 valence electrons. The van der Waals surface area contributed by atoms with Crippen LogP contribution in [0, 0.1) is 0 Å². The number of fused-ring (bicyclic) bond motifs is 1. The summed E-state index contributed by atoms with van der Waals surface area (Å²) in [6.07, 6.45) is 2.28. The summed E-state index contributed by atoms with van der Waals surface area (Å²) < 4.78 is 16.7. The summed E-state index contributed by atoms with van der Waals surface area (Å²) in [4.78, 5) is 12.0. The standard InChI is InChI=1S/C19H23NO5/c1-18(2)10-13-6-4-7-14(17(13)25-18)24-11-16(21)20-12-19(3,22)15-8-5-9-23-15/h4-9,22H,10-12H2,1-3H3,(H,20,21). The maximum atomic E-state index is 12.0. The van der Waals surface area contributed by atoms with Gasteiger partial charge in [-0.2, -0.15) is 0 Å². The highest BCUT2D eigenvalue weighted by Gasteiger charge is 2.32. The van der Waals surface area contributed by atoms with E-state index in [0.29, 0.717) is 17.3 Å². The molecule has 2 aromatic rings. The minimum absolute atomic E-state index is 0.0269. The number of ether oxygens (including phenoxy) is 2. The van der Waals surface area contributed by atoms with Crippen molar-refractivity contribution in [2.45, 2.75) is 38.4 Å². The number of carbonyl (C=O) groups excluding carboxylic acids is 1. The zero-order chi connectivity index (χ0) is 18.1. The number of benzene rings is 1. The van der Waals surface area contributed by atoms with Gasteiger partial charge in [0.25, 0.3) is 5.91 Å². The van der Waals surface area contributed by atoms with Crippen molar-refractivity contribution in [2.75, 3.05) is 13.2 Å². The number of aliphatic hydroxyl groups is 1. The predicted molar refractivity (Wildman–Crippen MR) is 91.6 cm³/mol. The van der Waals surface area contributed by atoms with Gasteiger partial charge in [-0.3, -0.25) is 4.79 Å². The molecule has 0 saturated heterocycles. The van der Waals surface area contributed by atoms with Crippen molar-refractivity contribution in [1.82, 2.24) is 5.32 Å². The van der Waals surface area contributed by atoms with Crippen molar-refractivity contribution in [3.8, 4) is 11.5 Å². The monoisotopic (exact) mass is 345 g/mol. The highest BCUT2D eigenvalue weighted by molar-refractivity contribution is 5.77. The van der Waals surface area contributed by atoms with Crippen LogP contribution in [0.15, 0.2) is 41.0 Å². The number of hydrogen-bond donors (Lipinski definition) is 2. The molecule has 6 nitrogen and oxygen atoms in total. The van der Waals surface area contributed by atoms with E-state index in [1.807, 2.05) is 26.0 Å². The van der Waals surface area contributed by atoms with Gasteiger partial charge in [0.15, 0.2) is 18.1 Å². The lowest BCUT2D eigenvalue weighted by atomic mass is 10.0. The van der Waals surface area contributed by atoms with Crippen molar-refractivity contribution in [2.24, 2.45) is 0 Å². The number of furan rings is 1. The normalized spacial score (nSPS) is 17.3. The van der Waals surface area contributed by atoms with Gasteiger partial charge in [0.05, 0.1) is 12.8 Å². The lowest BCUT2D eigenvalue weighted by Gasteiger charge is -2.21. The Morgan fingerprint density at radius 3 is 2.88 bits per heavy atom. The first-order chi connectivity index (χ1) is 11.8. The van der Waals surface area contributed by atoms with Gasteiger partial charge < -0.3 is 24.3 Å². The van der Waals surface area contributed by atoms with Crippen molar-refractivity contribution in [3.63, 3.8) is 0 Å². The van der Waals surface area contributed by atoms with Crippen LogP contribution in [-0.2, 0) is 16.8 Å². The fourth-order valence-electron chi connectivity index (χ4n) is 2.84. The lowest BCUT2D eigenvalue weighted by molar-refractivity contribution is -0.124. The molecule has 6 heteroatoms. The van der Waals surface area contributed by atoms with Crippen LogP contribution in [0.4, 0.5) is 0 Å². The minimum atomic E-state index is -1.28. The molecule has 0 radical (unpaired) electrons. The van der Waals surface area contributed by atoms with Crippen molar-refractivity contribution in [1.29, 1.82) is 0 Å². The second-order valence-corrected chi connectivity index (χ2v) is 7.10. The Hall–Kier alpha value is -2.47. The number of carbonyl (C=O) groups is 1. The van der Waals surface area contributed by atoms with Crippen LogP contribution in [0.3, 0.4) is 0 Å². The quantitative estimate of drug-likeness (QED) is 0.840. The molecule has 0 spiro atoms. The summed E-state index contributed by atoms with van der Waals surface area (Å²) in [5, 5.41) is 13.0. The van der Waals surface area contributed by atoms with Gasteiger partial charge in [-0.1, -0.05) is 12.1 Å². The Kier molecular flexibility index (Phi) is 4.47. The molecular weight excluding hydrogens is 322 g/mol. The summed E-state index contributed by atoms with van der Waals surface area (Å²) >= 11 is 0. The number of hydrogen-bond acceptors (Lipinski definition) is 5. The van der Waals surface area contributed by atoms with E-state index in [2.05, 4.69) is 5.32 Å². The molecule has 1 aromatic heterocycles. The lowest BCUT2D eigenvalue weighted by Crippen LogP contribution is -2.40. The second-order valence-electron chi connectivity index (χ2n) is 7.10. The van der Waals surface area contributed by atoms with E-state index in [9.17, 15) is 9.90 Å². The molecule has 2 heterocycles. The molecule has 0 aliphatic carbocycles. The molecular formula is C19H23NO5. The van der Waals surface area contributed by atoms with Gasteiger partial charge in [-0.25, -0.2) is 0 Å². The van der Waals surface area contributed by atoms with E-state index in [1.54, 1.807) is 25.1 Å². The molecule has 3 rings (SSSR count). The highest BCUT2D eigenvalue weighted by Crippen LogP contribution is 2.41. The number of amides is 1. The SMILES string of the molecule is CC1(C)Cc2cccc(OCC(=O)NCC(C)(O)c3ccco3)c2O1. The van der Waals surface area contributed by atoms with Crippen molar-refractivity contribution in [3.05, 3.63) is 47.9 Å². The van der Waals surface area contributed by atoms with Gasteiger partial charge >= 0.3 is 0 Å². The topological polar surface area (TPSA) is 80.9 Å². The fourth-order valence-corrected chi connectivity index (χ4v) is 2.84. The van der Waals surface area contributed by atoms with Crippen LogP contribution in [-0.4, -0.2) is 29.8 Å². The largest absolute Gasteiger partial charge is 0.483 e. The smallest absolute Gasteiger partial charge is 0.258 e. The summed E-state index contributed by atoms with van der Waals surface area (Å²) in [7, 11) is 0. The zero-order valence-electron chi connectivity index (χ0n) is 14.7.